The summed E-state index contributed by atoms with van der Waals surface area (Å²) in [5.74, 6) is 0. The highest BCUT2D eigenvalue weighted by atomic mass is 35.5. The van der Waals surface area contributed by atoms with E-state index in [-0.39, 0.29) is 12.1 Å². The molecule has 3 heterocycles. The van der Waals surface area contributed by atoms with Crippen molar-refractivity contribution in [2.24, 2.45) is 5.10 Å². The molecule has 0 saturated carbocycles. The van der Waals surface area contributed by atoms with Crippen LogP contribution >= 0.6 is 22.9 Å². The minimum absolute atomic E-state index is 0.00972. The summed E-state index contributed by atoms with van der Waals surface area (Å²) in [5, 5.41) is 6.86. The Bertz CT molecular complexity index is 772. The van der Waals surface area contributed by atoms with Gasteiger partial charge in [-0.2, -0.15) is 5.10 Å². The first-order valence-corrected chi connectivity index (χ1v) is 9.43. The van der Waals surface area contributed by atoms with Crippen LogP contribution in [-0.2, 0) is 0 Å². The summed E-state index contributed by atoms with van der Waals surface area (Å²) in [5.41, 5.74) is 1.12. The standard InChI is InChI=1S/C17H18ClN5OS/c18-15-12-19-16(25-15)21-8-10-22(11-9-21)17(24)23-14(6-7-20-23)13-4-2-1-3-5-13/h1-5,7,12,14H,6,8-11H2. The summed E-state index contributed by atoms with van der Waals surface area (Å²) < 4.78 is 0.686. The maximum atomic E-state index is 12.9. The number of hydrogen-bond donors (Lipinski definition) is 0. The summed E-state index contributed by atoms with van der Waals surface area (Å²) in [7, 11) is 0. The molecular formula is C17H18ClN5OS. The minimum Gasteiger partial charge on any atom is -0.345 e. The largest absolute Gasteiger partial charge is 0.345 e. The third-order valence-corrected chi connectivity index (χ3v) is 5.67. The van der Waals surface area contributed by atoms with Crippen molar-refractivity contribution in [3.05, 3.63) is 46.4 Å². The molecule has 130 valence electrons. The van der Waals surface area contributed by atoms with E-state index in [1.165, 1.54) is 11.3 Å². The zero-order valence-corrected chi connectivity index (χ0v) is 15.2. The first-order chi connectivity index (χ1) is 12.2. The fraction of sp³-hybridized carbons (Fsp3) is 0.353. The van der Waals surface area contributed by atoms with E-state index in [2.05, 4.69) is 15.0 Å². The summed E-state index contributed by atoms with van der Waals surface area (Å²) in [6.07, 6.45) is 4.25. The third-order valence-electron chi connectivity index (χ3n) is 4.50. The van der Waals surface area contributed by atoms with Gasteiger partial charge in [-0.15, -0.1) is 0 Å². The van der Waals surface area contributed by atoms with Crippen molar-refractivity contribution in [1.29, 1.82) is 0 Å². The lowest BCUT2D eigenvalue weighted by Crippen LogP contribution is -2.52. The number of halogens is 1. The monoisotopic (exact) mass is 375 g/mol. The lowest BCUT2D eigenvalue weighted by atomic mass is 10.1. The molecule has 4 rings (SSSR count). The number of amides is 2. The number of carbonyl (C=O) groups excluding carboxylic acids is 1. The van der Waals surface area contributed by atoms with Gasteiger partial charge in [0.2, 0.25) is 0 Å². The molecule has 25 heavy (non-hydrogen) atoms. The van der Waals surface area contributed by atoms with Crippen LogP contribution in [0.25, 0.3) is 0 Å². The van der Waals surface area contributed by atoms with E-state index in [4.69, 9.17) is 11.6 Å². The Labute approximate surface area is 155 Å². The summed E-state index contributed by atoms with van der Waals surface area (Å²) in [6.45, 7) is 2.82. The van der Waals surface area contributed by atoms with Crippen LogP contribution in [0.15, 0.2) is 41.6 Å². The zero-order chi connectivity index (χ0) is 17.2. The van der Waals surface area contributed by atoms with Gasteiger partial charge in [0.15, 0.2) is 5.13 Å². The van der Waals surface area contributed by atoms with Gasteiger partial charge in [-0.3, -0.25) is 0 Å². The quantitative estimate of drug-likeness (QED) is 0.807. The van der Waals surface area contributed by atoms with Crippen LogP contribution in [0, 0.1) is 0 Å². The van der Waals surface area contributed by atoms with E-state index >= 15 is 0 Å². The minimum atomic E-state index is -0.0283. The molecular weight excluding hydrogens is 358 g/mol. The molecule has 2 aliphatic heterocycles. The van der Waals surface area contributed by atoms with Gasteiger partial charge < -0.3 is 9.80 Å². The second kappa shape index (κ2) is 7.01. The van der Waals surface area contributed by atoms with E-state index in [0.29, 0.717) is 17.4 Å². The van der Waals surface area contributed by atoms with Gasteiger partial charge in [0, 0.05) is 38.8 Å². The maximum Gasteiger partial charge on any atom is 0.341 e. The Hall–Kier alpha value is -2.12. The number of rotatable bonds is 2. The summed E-state index contributed by atoms with van der Waals surface area (Å²) in [4.78, 5) is 21.3. The molecule has 0 radical (unpaired) electrons. The average Bonchev–Trinajstić information content (AvgIpc) is 3.31. The molecule has 0 spiro atoms. The van der Waals surface area contributed by atoms with Crippen LogP contribution < -0.4 is 4.90 Å². The smallest absolute Gasteiger partial charge is 0.341 e. The van der Waals surface area contributed by atoms with E-state index in [9.17, 15) is 4.79 Å². The SMILES string of the molecule is O=C(N1CCN(c2ncc(Cl)s2)CC1)N1N=CCC1c1ccccc1. The number of nitrogens with zero attached hydrogens (tertiary/aromatic N) is 5. The van der Waals surface area contributed by atoms with Gasteiger partial charge in [0.1, 0.15) is 4.34 Å². The van der Waals surface area contributed by atoms with Gasteiger partial charge >= 0.3 is 6.03 Å². The number of anilines is 1. The average molecular weight is 376 g/mol. The fourth-order valence-electron chi connectivity index (χ4n) is 3.18. The summed E-state index contributed by atoms with van der Waals surface area (Å²) in [6, 6.07) is 10.0. The molecule has 0 bridgehead atoms. The Balaban J connectivity index is 1.41. The second-order valence-corrected chi connectivity index (χ2v) is 7.65. The van der Waals surface area contributed by atoms with Crippen molar-refractivity contribution in [1.82, 2.24) is 14.9 Å². The number of aromatic nitrogens is 1. The molecule has 2 aliphatic rings. The molecule has 8 heteroatoms. The van der Waals surface area contributed by atoms with Gasteiger partial charge in [0.25, 0.3) is 0 Å². The van der Waals surface area contributed by atoms with Gasteiger partial charge in [-0.1, -0.05) is 53.3 Å². The zero-order valence-electron chi connectivity index (χ0n) is 13.6. The van der Waals surface area contributed by atoms with Crippen molar-refractivity contribution < 1.29 is 4.79 Å². The highest BCUT2D eigenvalue weighted by Gasteiger charge is 2.33. The van der Waals surface area contributed by atoms with Crippen molar-refractivity contribution in [2.45, 2.75) is 12.5 Å². The van der Waals surface area contributed by atoms with Crippen molar-refractivity contribution >= 4 is 40.3 Å². The Morgan fingerprint density at radius 2 is 1.92 bits per heavy atom. The lowest BCUT2D eigenvalue weighted by molar-refractivity contribution is 0.139. The Morgan fingerprint density at radius 1 is 1.16 bits per heavy atom. The van der Waals surface area contributed by atoms with Crippen LogP contribution in [0.5, 0.6) is 0 Å². The Kier molecular flexibility index (Phi) is 4.59. The van der Waals surface area contributed by atoms with E-state index in [0.717, 1.165) is 30.2 Å². The predicted molar refractivity (Wildman–Crippen MR) is 100 cm³/mol. The van der Waals surface area contributed by atoms with Crippen LogP contribution in [0.4, 0.5) is 9.93 Å². The number of benzene rings is 1. The lowest BCUT2D eigenvalue weighted by Gasteiger charge is -2.36. The molecule has 1 saturated heterocycles. The van der Waals surface area contributed by atoms with Crippen molar-refractivity contribution in [2.75, 3.05) is 31.1 Å². The van der Waals surface area contributed by atoms with Crippen LogP contribution in [0.1, 0.15) is 18.0 Å². The molecule has 1 atom stereocenters. The van der Waals surface area contributed by atoms with Crippen LogP contribution in [0.3, 0.4) is 0 Å². The molecule has 6 nitrogen and oxygen atoms in total. The first-order valence-electron chi connectivity index (χ1n) is 8.24. The van der Waals surface area contributed by atoms with Crippen molar-refractivity contribution in [3.8, 4) is 0 Å². The van der Waals surface area contributed by atoms with Crippen LogP contribution in [-0.4, -0.2) is 53.3 Å². The predicted octanol–water partition coefficient (Wildman–Crippen LogP) is 3.47. The fourth-order valence-corrected chi connectivity index (χ4v) is 4.13. The van der Waals surface area contributed by atoms with E-state index in [1.807, 2.05) is 41.4 Å². The number of thiazole rings is 1. The first kappa shape index (κ1) is 16.4. The van der Waals surface area contributed by atoms with Gasteiger partial charge in [-0.05, 0) is 5.56 Å². The molecule has 1 fully saturated rings. The normalized spacial score (nSPS) is 20.4. The molecule has 1 unspecified atom stereocenters. The highest BCUT2D eigenvalue weighted by Crippen LogP contribution is 2.30. The summed E-state index contributed by atoms with van der Waals surface area (Å²) >= 11 is 7.43. The second-order valence-electron chi connectivity index (χ2n) is 6.01. The third kappa shape index (κ3) is 3.34. The molecule has 2 amide bonds. The molecule has 0 aliphatic carbocycles. The van der Waals surface area contributed by atoms with E-state index < -0.39 is 0 Å². The molecule has 0 N–H and O–H groups in total. The molecule has 1 aromatic heterocycles. The number of hydrogen-bond acceptors (Lipinski definition) is 5. The Morgan fingerprint density at radius 3 is 2.60 bits per heavy atom. The van der Waals surface area contributed by atoms with Gasteiger partial charge in [-0.25, -0.2) is 14.8 Å². The van der Waals surface area contributed by atoms with E-state index in [1.54, 1.807) is 11.2 Å². The van der Waals surface area contributed by atoms with Crippen molar-refractivity contribution in [3.63, 3.8) is 0 Å². The number of urea groups is 1. The number of carbonyl (C=O) groups is 1. The van der Waals surface area contributed by atoms with Gasteiger partial charge in [0.05, 0.1) is 12.2 Å². The number of hydrazone groups is 1. The number of piperazine rings is 1. The highest BCUT2D eigenvalue weighted by molar-refractivity contribution is 7.19. The molecule has 2 aromatic rings. The maximum absolute atomic E-state index is 12.9. The van der Waals surface area contributed by atoms with Crippen LogP contribution in [0.2, 0.25) is 4.34 Å². The topological polar surface area (TPSA) is 52.0 Å². The molecule has 1 aromatic carbocycles.